The van der Waals surface area contributed by atoms with Crippen molar-refractivity contribution in [2.75, 3.05) is 20.0 Å². The zero-order chi connectivity index (χ0) is 11.2. The van der Waals surface area contributed by atoms with Crippen LogP contribution in [-0.2, 0) is 9.47 Å². The maximum Gasteiger partial charge on any atom is 0.146 e. The van der Waals surface area contributed by atoms with Crippen molar-refractivity contribution in [1.29, 1.82) is 0 Å². The quantitative estimate of drug-likeness (QED) is 0.297. The second-order valence-electron chi connectivity index (χ2n) is 3.66. The van der Waals surface area contributed by atoms with Gasteiger partial charge in [-0.1, -0.05) is 26.2 Å². The monoisotopic (exact) mass is 212 g/mol. The summed E-state index contributed by atoms with van der Waals surface area (Å²) in [7, 11) is 0. The Labute approximate surface area is 94.3 Å². The molecule has 0 bridgehead atoms. The van der Waals surface area contributed by atoms with Crippen LogP contribution < -0.4 is 0 Å². The van der Waals surface area contributed by atoms with Gasteiger partial charge >= 0.3 is 0 Å². The fourth-order valence-electron chi connectivity index (χ4n) is 1.24. The highest BCUT2D eigenvalue weighted by atomic mass is 16.7. The lowest BCUT2D eigenvalue weighted by Crippen LogP contribution is -2.02. The molecule has 0 saturated heterocycles. The first kappa shape index (κ1) is 14.5. The largest absolute Gasteiger partial charge is 0.355 e. The van der Waals surface area contributed by atoms with Crippen molar-refractivity contribution in [3.05, 3.63) is 0 Å². The molecule has 0 spiro atoms. The van der Waals surface area contributed by atoms with Gasteiger partial charge in [0.15, 0.2) is 0 Å². The number of ether oxygens (including phenoxy) is 2. The summed E-state index contributed by atoms with van der Waals surface area (Å²) in [5.74, 6) is 2.61. The van der Waals surface area contributed by atoms with E-state index in [2.05, 4.69) is 12.8 Å². The molecule has 0 amide bonds. The van der Waals surface area contributed by atoms with Gasteiger partial charge < -0.3 is 9.47 Å². The molecule has 0 radical (unpaired) electrons. The smallest absolute Gasteiger partial charge is 0.146 e. The molecule has 0 aliphatic carbocycles. The molecule has 0 N–H and O–H groups in total. The van der Waals surface area contributed by atoms with Gasteiger partial charge in [-0.15, -0.1) is 12.3 Å². The molecule has 15 heavy (non-hydrogen) atoms. The van der Waals surface area contributed by atoms with Crippen molar-refractivity contribution >= 4 is 0 Å². The van der Waals surface area contributed by atoms with E-state index in [1.165, 1.54) is 19.3 Å². The standard InChI is InChI=1S/C13H24O2/c1-3-5-7-9-11-14-13-15-12-10-8-6-4-2/h1H,4-13H2,2H3. The number of hydrogen-bond donors (Lipinski definition) is 0. The molecule has 88 valence electrons. The van der Waals surface area contributed by atoms with Crippen molar-refractivity contribution in [3.8, 4) is 12.3 Å². The maximum atomic E-state index is 5.32. The molecule has 0 aliphatic heterocycles. The molecular formula is C13H24O2. The van der Waals surface area contributed by atoms with Crippen LogP contribution in [-0.4, -0.2) is 20.0 Å². The molecule has 2 heteroatoms. The number of terminal acetylenes is 1. The minimum atomic E-state index is 0.433. The molecule has 0 unspecified atom stereocenters. The Balaban J connectivity index is 2.84. The van der Waals surface area contributed by atoms with Crippen LogP contribution >= 0.6 is 0 Å². The second-order valence-corrected chi connectivity index (χ2v) is 3.66. The summed E-state index contributed by atoms with van der Waals surface area (Å²) in [6.07, 6.45) is 13.0. The summed E-state index contributed by atoms with van der Waals surface area (Å²) in [6.45, 7) is 4.23. The number of hydrogen-bond acceptors (Lipinski definition) is 2. The van der Waals surface area contributed by atoms with Gasteiger partial charge in [0.2, 0.25) is 0 Å². The maximum absolute atomic E-state index is 5.32. The average Bonchev–Trinajstić information content (AvgIpc) is 2.26. The highest BCUT2D eigenvalue weighted by molar-refractivity contribution is 4.82. The van der Waals surface area contributed by atoms with Crippen LogP contribution in [0.15, 0.2) is 0 Å². The van der Waals surface area contributed by atoms with Gasteiger partial charge in [0.1, 0.15) is 6.79 Å². The normalized spacial score (nSPS) is 10.1. The molecule has 0 rings (SSSR count). The van der Waals surface area contributed by atoms with E-state index in [0.29, 0.717) is 6.79 Å². The van der Waals surface area contributed by atoms with Crippen LogP contribution in [0.5, 0.6) is 0 Å². The van der Waals surface area contributed by atoms with Gasteiger partial charge in [0, 0.05) is 19.6 Å². The highest BCUT2D eigenvalue weighted by Gasteiger charge is 1.90. The molecular weight excluding hydrogens is 188 g/mol. The van der Waals surface area contributed by atoms with Gasteiger partial charge in [-0.05, 0) is 19.3 Å². The first-order chi connectivity index (χ1) is 7.41. The van der Waals surface area contributed by atoms with Crippen molar-refractivity contribution in [2.24, 2.45) is 0 Å². The summed E-state index contributed by atoms with van der Waals surface area (Å²) in [5, 5.41) is 0. The van der Waals surface area contributed by atoms with E-state index in [4.69, 9.17) is 15.9 Å². The van der Waals surface area contributed by atoms with Gasteiger partial charge in [0.25, 0.3) is 0 Å². The summed E-state index contributed by atoms with van der Waals surface area (Å²) < 4.78 is 10.6. The van der Waals surface area contributed by atoms with E-state index in [1.807, 2.05) is 0 Å². The zero-order valence-electron chi connectivity index (χ0n) is 9.96. The van der Waals surface area contributed by atoms with Crippen LogP contribution in [0.4, 0.5) is 0 Å². The Morgan fingerprint density at radius 2 is 1.60 bits per heavy atom. The fraction of sp³-hybridized carbons (Fsp3) is 0.846. The van der Waals surface area contributed by atoms with Crippen molar-refractivity contribution < 1.29 is 9.47 Å². The first-order valence-corrected chi connectivity index (χ1v) is 6.00. The van der Waals surface area contributed by atoms with Gasteiger partial charge in [-0.25, -0.2) is 0 Å². The summed E-state index contributed by atoms with van der Waals surface area (Å²) in [6, 6.07) is 0. The molecule has 0 saturated carbocycles. The Morgan fingerprint density at radius 1 is 0.933 bits per heavy atom. The molecule has 2 nitrogen and oxygen atoms in total. The van der Waals surface area contributed by atoms with Gasteiger partial charge in [-0.3, -0.25) is 0 Å². The first-order valence-electron chi connectivity index (χ1n) is 6.00. The van der Waals surface area contributed by atoms with E-state index in [0.717, 1.165) is 38.9 Å². The summed E-state index contributed by atoms with van der Waals surface area (Å²) in [5.41, 5.74) is 0. The van der Waals surface area contributed by atoms with E-state index >= 15 is 0 Å². The Kier molecular flexibility index (Phi) is 13.0. The molecule has 0 heterocycles. The molecule has 0 aromatic rings. The van der Waals surface area contributed by atoms with E-state index < -0.39 is 0 Å². The lowest BCUT2D eigenvalue weighted by Gasteiger charge is -2.04. The third-order valence-corrected chi connectivity index (χ3v) is 2.17. The molecule has 0 fully saturated rings. The minimum absolute atomic E-state index is 0.433. The Bertz CT molecular complexity index is 149. The van der Waals surface area contributed by atoms with Crippen molar-refractivity contribution in [1.82, 2.24) is 0 Å². The fourth-order valence-corrected chi connectivity index (χ4v) is 1.24. The second kappa shape index (κ2) is 13.5. The van der Waals surface area contributed by atoms with Crippen LogP contribution in [0.2, 0.25) is 0 Å². The van der Waals surface area contributed by atoms with Crippen LogP contribution in [0.1, 0.15) is 51.9 Å². The average molecular weight is 212 g/mol. The SMILES string of the molecule is C#CCCCCOCOCCCCCC. The predicted octanol–water partition coefficient (Wildman–Crippen LogP) is 3.36. The van der Waals surface area contributed by atoms with Gasteiger partial charge in [0.05, 0.1) is 0 Å². The van der Waals surface area contributed by atoms with E-state index in [-0.39, 0.29) is 0 Å². The molecule has 0 atom stereocenters. The molecule has 0 aromatic heterocycles. The van der Waals surface area contributed by atoms with E-state index in [9.17, 15) is 0 Å². The van der Waals surface area contributed by atoms with Crippen LogP contribution in [0, 0.1) is 12.3 Å². The third kappa shape index (κ3) is 13.5. The zero-order valence-corrected chi connectivity index (χ0v) is 9.96. The van der Waals surface area contributed by atoms with Crippen LogP contribution in [0.3, 0.4) is 0 Å². The topological polar surface area (TPSA) is 18.5 Å². The molecule has 0 aromatic carbocycles. The summed E-state index contributed by atoms with van der Waals surface area (Å²) >= 11 is 0. The summed E-state index contributed by atoms with van der Waals surface area (Å²) in [4.78, 5) is 0. The lowest BCUT2D eigenvalue weighted by molar-refractivity contribution is -0.0554. The molecule has 0 aliphatic rings. The van der Waals surface area contributed by atoms with Gasteiger partial charge in [-0.2, -0.15) is 0 Å². The van der Waals surface area contributed by atoms with E-state index in [1.54, 1.807) is 0 Å². The van der Waals surface area contributed by atoms with Crippen LogP contribution in [0.25, 0.3) is 0 Å². The minimum Gasteiger partial charge on any atom is -0.355 e. The van der Waals surface area contributed by atoms with Crippen molar-refractivity contribution in [3.63, 3.8) is 0 Å². The number of unbranched alkanes of at least 4 members (excludes halogenated alkanes) is 5. The highest BCUT2D eigenvalue weighted by Crippen LogP contribution is 1.99. The predicted molar refractivity (Wildman–Crippen MR) is 63.6 cm³/mol. The lowest BCUT2D eigenvalue weighted by atomic mass is 10.2. The Morgan fingerprint density at radius 3 is 2.20 bits per heavy atom. The van der Waals surface area contributed by atoms with Crippen molar-refractivity contribution in [2.45, 2.75) is 51.9 Å². The third-order valence-electron chi connectivity index (χ3n) is 2.17. The number of rotatable bonds is 11. The Hall–Kier alpha value is -0.520.